The van der Waals surface area contributed by atoms with E-state index in [9.17, 15) is 9.59 Å². The zero-order valence-corrected chi connectivity index (χ0v) is 13.3. The highest BCUT2D eigenvalue weighted by atomic mass is 16.6. The fourth-order valence-corrected chi connectivity index (χ4v) is 2.17. The number of hydrogen-bond acceptors (Lipinski definition) is 4. The van der Waals surface area contributed by atoms with E-state index < -0.39 is 5.41 Å². The van der Waals surface area contributed by atoms with Gasteiger partial charge >= 0.3 is 11.9 Å². The second-order valence-electron chi connectivity index (χ2n) is 6.59. The number of hydrogen-bond donors (Lipinski definition) is 0. The summed E-state index contributed by atoms with van der Waals surface area (Å²) >= 11 is 0. The minimum absolute atomic E-state index is 0.215. The molecule has 0 amide bonds. The third-order valence-corrected chi connectivity index (χ3v) is 2.93. The monoisotopic (exact) mass is 272 g/mol. The molecule has 0 aliphatic carbocycles. The lowest BCUT2D eigenvalue weighted by Crippen LogP contribution is -2.46. The first-order chi connectivity index (χ1) is 8.54. The first kappa shape index (κ1) is 17.9. The van der Waals surface area contributed by atoms with E-state index in [-0.39, 0.29) is 30.1 Å². The van der Waals surface area contributed by atoms with E-state index in [1.54, 1.807) is 13.8 Å². The summed E-state index contributed by atoms with van der Waals surface area (Å²) in [5.74, 6) is -0.461. The molecule has 4 heteroatoms. The van der Waals surface area contributed by atoms with Crippen LogP contribution in [0.2, 0.25) is 0 Å². The number of carbonyl (C=O) groups excluding carboxylic acids is 2. The summed E-state index contributed by atoms with van der Waals surface area (Å²) in [6.07, 6.45) is 0.389. The van der Waals surface area contributed by atoms with Gasteiger partial charge < -0.3 is 9.47 Å². The standard InChI is InChI=1S/C15H28O4/c1-8-11(16)18-10-15(6,7)13(14(3,4)5)19-12(17)9-2/h13H,8-10H2,1-7H3. The van der Waals surface area contributed by atoms with E-state index in [1.165, 1.54) is 0 Å². The lowest BCUT2D eigenvalue weighted by molar-refractivity contribution is -0.171. The summed E-state index contributed by atoms with van der Waals surface area (Å²) in [4.78, 5) is 22.9. The Labute approximate surface area is 116 Å². The fourth-order valence-electron chi connectivity index (χ4n) is 2.17. The van der Waals surface area contributed by atoms with Gasteiger partial charge in [-0.25, -0.2) is 0 Å². The van der Waals surface area contributed by atoms with Gasteiger partial charge in [0.05, 0.1) is 6.61 Å². The van der Waals surface area contributed by atoms with Gasteiger partial charge in [-0.3, -0.25) is 9.59 Å². The number of rotatable bonds is 6. The van der Waals surface area contributed by atoms with Crippen molar-refractivity contribution in [3.8, 4) is 0 Å². The molecule has 112 valence electrons. The van der Waals surface area contributed by atoms with Crippen LogP contribution in [0, 0.1) is 10.8 Å². The van der Waals surface area contributed by atoms with Gasteiger partial charge in [0, 0.05) is 18.3 Å². The molecule has 0 spiro atoms. The van der Waals surface area contributed by atoms with E-state index in [4.69, 9.17) is 9.47 Å². The molecule has 0 saturated carbocycles. The van der Waals surface area contributed by atoms with Crippen LogP contribution < -0.4 is 0 Å². The van der Waals surface area contributed by atoms with Gasteiger partial charge in [-0.05, 0) is 5.41 Å². The van der Waals surface area contributed by atoms with Crippen LogP contribution >= 0.6 is 0 Å². The second-order valence-corrected chi connectivity index (χ2v) is 6.59. The Morgan fingerprint density at radius 1 is 0.947 bits per heavy atom. The molecule has 1 atom stereocenters. The van der Waals surface area contributed by atoms with Crippen molar-refractivity contribution in [1.29, 1.82) is 0 Å². The van der Waals surface area contributed by atoms with E-state index in [0.717, 1.165) is 0 Å². The molecule has 0 radical (unpaired) electrons. The second kappa shape index (κ2) is 6.92. The molecule has 0 aromatic rings. The van der Waals surface area contributed by atoms with Crippen molar-refractivity contribution in [2.24, 2.45) is 10.8 Å². The predicted molar refractivity (Wildman–Crippen MR) is 74.7 cm³/mol. The van der Waals surface area contributed by atoms with Crippen molar-refractivity contribution in [3.63, 3.8) is 0 Å². The van der Waals surface area contributed by atoms with Crippen LogP contribution in [0.3, 0.4) is 0 Å². The Bertz CT molecular complexity index is 313. The number of ether oxygens (including phenoxy) is 2. The minimum atomic E-state index is -0.423. The molecule has 19 heavy (non-hydrogen) atoms. The van der Waals surface area contributed by atoms with Crippen molar-refractivity contribution < 1.29 is 19.1 Å². The highest BCUT2D eigenvalue weighted by Gasteiger charge is 2.41. The highest BCUT2D eigenvalue weighted by Crippen LogP contribution is 2.37. The van der Waals surface area contributed by atoms with Gasteiger partial charge in [0.1, 0.15) is 6.10 Å². The van der Waals surface area contributed by atoms with Crippen LogP contribution in [0.4, 0.5) is 0 Å². The summed E-state index contributed by atoms with van der Waals surface area (Å²) in [5.41, 5.74) is -0.638. The van der Waals surface area contributed by atoms with Crippen LogP contribution in [0.5, 0.6) is 0 Å². The molecule has 0 fully saturated rings. The molecule has 0 rings (SSSR count). The van der Waals surface area contributed by atoms with Crippen molar-refractivity contribution in [2.45, 2.75) is 67.4 Å². The molecule has 4 nitrogen and oxygen atoms in total. The Morgan fingerprint density at radius 3 is 1.79 bits per heavy atom. The molecule has 0 aliphatic heterocycles. The Balaban J connectivity index is 4.91. The van der Waals surface area contributed by atoms with Gasteiger partial charge in [0.15, 0.2) is 0 Å². The van der Waals surface area contributed by atoms with Crippen LogP contribution in [0.1, 0.15) is 61.3 Å². The summed E-state index contributed by atoms with van der Waals surface area (Å²) in [7, 11) is 0. The summed E-state index contributed by atoms with van der Waals surface area (Å²) < 4.78 is 10.8. The number of carbonyl (C=O) groups is 2. The molecule has 0 bridgehead atoms. The van der Waals surface area contributed by atoms with Crippen LogP contribution in [0.15, 0.2) is 0 Å². The minimum Gasteiger partial charge on any atom is -0.465 e. The normalized spacial score (nSPS) is 13.8. The zero-order valence-electron chi connectivity index (χ0n) is 13.3. The lowest BCUT2D eigenvalue weighted by atomic mass is 9.73. The van der Waals surface area contributed by atoms with E-state index in [0.29, 0.717) is 12.8 Å². The van der Waals surface area contributed by atoms with Crippen molar-refractivity contribution in [3.05, 3.63) is 0 Å². The molecule has 0 heterocycles. The largest absolute Gasteiger partial charge is 0.465 e. The average molecular weight is 272 g/mol. The first-order valence-corrected chi connectivity index (χ1v) is 6.89. The Hall–Kier alpha value is -1.06. The smallest absolute Gasteiger partial charge is 0.305 e. The maximum atomic E-state index is 11.6. The molecular weight excluding hydrogens is 244 g/mol. The highest BCUT2D eigenvalue weighted by molar-refractivity contribution is 5.69. The maximum Gasteiger partial charge on any atom is 0.305 e. The quantitative estimate of drug-likeness (QED) is 0.696. The zero-order chi connectivity index (χ0) is 15.3. The van der Waals surface area contributed by atoms with Crippen molar-refractivity contribution in [2.75, 3.05) is 6.61 Å². The summed E-state index contributed by atoms with van der Waals surface area (Å²) in [5, 5.41) is 0. The number of esters is 2. The van der Waals surface area contributed by atoms with E-state index >= 15 is 0 Å². The Kier molecular flexibility index (Phi) is 6.53. The average Bonchev–Trinajstić information content (AvgIpc) is 2.30. The first-order valence-electron chi connectivity index (χ1n) is 6.89. The molecule has 0 aromatic heterocycles. The fraction of sp³-hybridized carbons (Fsp3) is 0.867. The molecular formula is C15H28O4. The Morgan fingerprint density at radius 2 is 1.42 bits per heavy atom. The van der Waals surface area contributed by atoms with E-state index in [1.807, 2.05) is 34.6 Å². The SMILES string of the molecule is CCC(=O)OCC(C)(C)C(OC(=O)CC)C(C)(C)C. The molecule has 0 aliphatic rings. The van der Waals surface area contributed by atoms with Crippen molar-refractivity contribution >= 4 is 11.9 Å². The van der Waals surface area contributed by atoms with Crippen LogP contribution in [-0.2, 0) is 19.1 Å². The molecule has 0 aromatic carbocycles. The van der Waals surface area contributed by atoms with Crippen LogP contribution in [0.25, 0.3) is 0 Å². The van der Waals surface area contributed by atoms with Crippen LogP contribution in [-0.4, -0.2) is 24.6 Å². The van der Waals surface area contributed by atoms with Gasteiger partial charge in [-0.15, -0.1) is 0 Å². The molecule has 0 N–H and O–H groups in total. The lowest BCUT2D eigenvalue weighted by Gasteiger charge is -2.41. The molecule has 1 unspecified atom stereocenters. The van der Waals surface area contributed by atoms with Gasteiger partial charge in [0.25, 0.3) is 0 Å². The van der Waals surface area contributed by atoms with Crippen molar-refractivity contribution in [1.82, 2.24) is 0 Å². The third-order valence-electron chi connectivity index (χ3n) is 2.93. The topological polar surface area (TPSA) is 52.6 Å². The van der Waals surface area contributed by atoms with Gasteiger partial charge in [-0.1, -0.05) is 48.5 Å². The maximum absolute atomic E-state index is 11.6. The molecule has 0 saturated heterocycles. The van der Waals surface area contributed by atoms with E-state index in [2.05, 4.69) is 0 Å². The summed E-state index contributed by atoms with van der Waals surface area (Å²) in [6, 6.07) is 0. The predicted octanol–water partition coefficient (Wildman–Crippen LogP) is 3.33. The third kappa shape index (κ3) is 6.08. The summed E-state index contributed by atoms with van der Waals surface area (Å²) in [6.45, 7) is 13.7. The van der Waals surface area contributed by atoms with Gasteiger partial charge in [-0.2, -0.15) is 0 Å². The van der Waals surface area contributed by atoms with Gasteiger partial charge in [0.2, 0.25) is 0 Å².